The Morgan fingerprint density at radius 1 is 0.900 bits per heavy atom. The lowest BCUT2D eigenvalue weighted by Crippen LogP contribution is -1.88. The summed E-state index contributed by atoms with van der Waals surface area (Å²) >= 11 is 1.90. The highest BCUT2D eigenvalue weighted by molar-refractivity contribution is 7.97. The van der Waals surface area contributed by atoms with Gasteiger partial charge in [0.25, 0.3) is 0 Å². The smallest absolute Gasteiger partial charge is 0.0991 e. The molecule has 2 aromatic carbocycles. The number of benzene rings is 2. The van der Waals surface area contributed by atoms with Gasteiger partial charge in [-0.2, -0.15) is 17.0 Å². The first kappa shape index (κ1) is 14.7. The zero-order valence-corrected chi connectivity index (χ0v) is 12.8. The summed E-state index contributed by atoms with van der Waals surface area (Å²) in [6, 6.07) is 18.9. The quantitative estimate of drug-likeness (QED) is 0.760. The number of nitrogens with zero attached hydrogens (tertiary/aromatic N) is 1. The molecule has 102 valence electrons. The minimum Gasteiger partial charge on any atom is -0.192 e. The highest BCUT2D eigenvalue weighted by Gasteiger charge is 2.00. The Morgan fingerprint density at radius 2 is 1.40 bits per heavy atom. The van der Waals surface area contributed by atoms with E-state index in [1.165, 1.54) is 16.7 Å². The molecule has 0 radical (unpaired) electrons. The average molecular weight is 281 g/mol. The van der Waals surface area contributed by atoms with Gasteiger partial charge >= 0.3 is 0 Å². The summed E-state index contributed by atoms with van der Waals surface area (Å²) in [5, 5.41) is 8.76. The minimum absolute atomic E-state index is 0.593. The Kier molecular flexibility index (Phi) is 5.26. The predicted molar refractivity (Wildman–Crippen MR) is 86.7 cm³/mol. The molecule has 0 amide bonds. The lowest BCUT2D eigenvalue weighted by Gasteiger charge is -2.07. The zero-order chi connectivity index (χ0) is 14.4. The van der Waals surface area contributed by atoms with Crippen molar-refractivity contribution in [1.29, 1.82) is 5.26 Å². The second kappa shape index (κ2) is 7.17. The summed E-state index contributed by atoms with van der Waals surface area (Å²) < 4.78 is 0. The van der Waals surface area contributed by atoms with Crippen molar-refractivity contribution in [3.8, 4) is 6.07 Å². The minimum atomic E-state index is 0.593. The molecule has 0 atom stereocenters. The summed E-state index contributed by atoms with van der Waals surface area (Å²) in [5.74, 6) is 2.60. The van der Waals surface area contributed by atoms with Gasteiger partial charge in [0.05, 0.1) is 11.6 Å². The first-order chi connectivity index (χ1) is 9.69. The Morgan fingerprint density at radius 3 is 1.85 bits per heavy atom. The van der Waals surface area contributed by atoms with Crippen LogP contribution >= 0.6 is 11.8 Å². The molecule has 0 fully saturated rings. The lowest BCUT2D eigenvalue weighted by molar-refractivity contribution is 0.866. The molecular weight excluding hydrogens is 262 g/mol. The molecule has 0 aliphatic rings. The van der Waals surface area contributed by atoms with Crippen molar-refractivity contribution in [2.75, 3.05) is 0 Å². The molecule has 0 bridgehead atoms. The SMILES string of the molecule is CC(C)c1ccc(CSCc2ccc(C#N)cc2)cc1. The molecule has 2 aromatic rings. The fourth-order valence-electron chi connectivity index (χ4n) is 1.96. The second-order valence-electron chi connectivity index (χ2n) is 5.20. The lowest BCUT2D eigenvalue weighted by atomic mass is 10.0. The van der Waals surface area contributed by atoms with Crippen LogP contribution in [0.2, 0.25) is 0 Å². The monoisotopic (exact) mass is 281 g/mol. The Labute approximate surface area is 125 Å². The van der Waals surface area contributed by atoms with E-state index in [-0.39, 0.29) is 0 Å². The van der Waals surface area contributed by atoms with Crippen LogP contribution in [-0.4, -0.2) is 0 Å². The number of hydrogen-bond acceptors (Lipinski definition) is 2. The molecule has 2 heteroatoms. The maximum Gasteiger partial charge on any atom is 0.0991 e. The van der Waals surface area contributed by atoms with Crippen LogP contribution in [0.1, 0.15) is 42.0 Å². The van der Waals surface area contributed by atoms with Gasteiger partial charge in [0, 0.05) is 11.5 Å². The third-order valence-corrected chi connectivity index (χ3v) is 4.34. The van der Waals surface area contributed by atoms with Crippen molar-refractivity contribution in [2.45, 2.75) is 31.3 Å². The Hall–Kier alpha value is -1.72. The summed E-state index contributed by atoms with van der Waals surface area (Å²) in [6.45, 7) is 4.43. The van der Waals surface area contributed by atoms with Gasteiger partial charge in [0.15, 0.2) is 0 Å². The van der Waals surface area contributed by atoms with Gasteiger partial charge < -0.3 is 0 Å². The van der Waals surface area contributed by atoms with E-state index in [2.05, 4.69) is 44.2 Å². The van der Waals surface area contributed by atoms with E-state index in [1.54, 1.807) is 0 Å². The van der Waals surface area contributed by atoms with E-state index in [4.69, 9.17) is 5.26 Å². The molecule has 0 aliphatic heterocycles. The fraction of sp³-hybridized carbons (Fsp3) is 0.278. The molecule has 20 heavy (non-hydrogen) atoms. The first-order valence-corrected chi connectivity index (χ1v) is 8.00. The van der Waals surface area contributed by atoms with Gasteiger partial charge in [0.1, 0.15) is 0 Å². The first-order valence-electron chi connectivity index (χ1n) is 6.84. The van der Waals surface area contributed by atoms with Gasteiger partial charge in [0.2, 0.25) is 0 Å². The second-order valence-corrected chi connectivity index (χ2v) is 6.18. The van der Waals surface area contributed by atoms with Crippen LogP contribution in [0.15, 0.2) is 48.5 Å². The zero-order valence-electron chi connectivity index (χ0n) is 12.0. The van der Waals surface area contributed by atoms with Crippen molar-refractivity contribution in [3.05, 3.63) is 70.8 Å². The maximum absolute atomic E-state index is 8.76. The van der Waals surface area contributed by atoms with Crippen molar-refractivity contribution in [3.63, 3.8) is 0 Å². The van der Waals surface area contributed by atoms with Crippen LogP contribution in [0.25, 0.3) is 0 Å². The van der Waals surface area contributed by atoms with Crippen LogP contribution in [-0.2, 0) is 11.5 Å². The molecule has 0 spiro atoms. The third kappa shape index (κ3) is 4.15. The number of rotatable bonds is 5. The van der Waals surface area contributed by atoms with Crippen LogP contribution in [0.3, 0.4) is 0 Å². The molecular formula is C18H19NS. The van der Waals surface area contributed by atoms with E-state index in [0.29, 0.717) is 5.92 Å². The third-order valence-electron chi connectivity index (χ3n) is 3.27. The highest BCUT2D eigenvalue weighted by atomic mass is 32.2. The molecule has 0 unspecified atom stereocenters. The number of hydrogen-bond donors (Lipinski definition) is 0. The molecule has 0 aromatic heterocycles. The maximum atomic E-state index is 8.76. The molecule has 0 aliphatic carbocycles. The van der Waals surface area contributed by atoms with E-state index >= 15 is 0 Å². The van der Waals surface area contributed by atoms with Gasteiger partial charge in [-0.15, -0.1) is 0 Å². The molecule has 0 saturated carbocycles. The van der Waals surface area contributed by atoms with Crippen molar-refractivity contribution >= 4 is 11.8 Å². The van der Waals surface area contributed by atoms with Crippen molar-refractivity contribution in [1.82, 2.24) is 0 Å². The Balaban J connectivity index is 1.84. The van der Waals surface area contributed by atoms with Gasteiger partial charge in [-0.25, -0.2) is 0 Å². The highest BCUT2D eigenvalue weighted by Crippen LogP contribution is 2.20. The molecule has 0 heterocycles. The van der Waals surface area contributed by atoms with Crippen LogP contribution in [0.5, 0.6) is 0 Å². The summed E-state index contributed by atoms with van der Waals surface area (Å²) in [6.07, 6.45) is 0. The molecule has 0 saturated heterocycles. The van der Waals surface area contributed by atoms with Crippen molar-refractivity contribution in [2.24, 2.45) is 0 Å². The topological polar surface area (TPSA) is 23.8 Å². The van der Waals surface area contributed by atoms with Gasteiger partial charge in [-0.1, -0.05) is 50.2 Å². The normalized spacial score (nSPS) is 10.5. The van der Waals surface area contributed by atoms with Crippen molar-refractivity contribution < 1.29 is 0 Å². The molecule has 2 rings (SSSR count). The fourth-order valence-corrected chi connectivity index (χ4v) is 2.92. The van der Waals surface area contributed by atoms with E-state index in [0.717, 1.165) is 17.1 Å². The largest absolute Gasteiger partial charge is 0.192 e. The van der Waals surface area contributed by atoms with E-state index < -0.39 is 0 Å². The molecule has 0 N–H and O–H groups in total. The van der Waals surface area contributed by atoms with Crippen LogP contribution < -0.4 is 0 Å². The molecule has 1 nitrogen and oxygen atoms in total. The summed E-state index contributed by atoms with van der Waals surface area (Å²) in [4.78, 5) is 0. The van der Waals surface area contributed by atoms with E-state index in [1.807, 2.05) is 36.0 Å². The van der Waals surface area contributed by atoms with Crippen LogP contribution in [0, 0.1) is 11.3 Å². The van der Waals surface area contributed by atoms with Crippen LogP contribution in [0.4, 0.5) is 0 Å². The predicted octanol–water partition coefficient (Wildman–Crippen LogP) is 5.12. The summed E-state index contributed by atoms with van der Waals surface area (Å²) in [5.41, 5.74) is 4.76. The summed E-state index contributed by atoms with van der Waals surface area (Å²) in [7, 11) is 0. The standard InChI is InChI=1S/C18H19NS/c1-14(2)18-9-7-17(8-10-18)13-20-12-16-5-3-15(11-19)4-6-16/h3-10,14H,12-13H2,1-2H3. The average Bonchev–Trinajstić information content (AvgIpc) is 2.48. The Bertz CT molecular complexity index is 576. The van der Waals surface area contributed by atoms with Gasteiger partial charge in [-0.05, 0) is 34.7 Å². The number of thioether (sulfide) groups is 1. The number of nitriles is 1. The van der Waals surface area contributed by atoms with E-state index in [9.17, 15) is 0 Å². The van der Waals surface area contributed by atoms with Gasteiger partial charge in [-0.3, -0.25) is 0 Å².